The summed E-state index contributed by atoms with van der Waals surface area (Å²) in [5.41, 5.74) is 0. The summed E-state index contributed by atoms with van der Waals surface area (Å²) in [5, 5.41) is 4.46. The van der Waals surface area contributed by atoms with Crippen LogP contribution in [-0.4, -0.2) is 14.8 Å². The highest BCUT2D eigenvalue weighted by Crippen LogP contribution is 2.16. The van der Waals surface area contributed by atoms with Crippen LogP contribution in [0.15, 0.2) is 0 Å². The molecule has 0 fully saturated rings. The Bertz CT molecular complexity index is 274. The molecule has 0 N–H and O–H groups in total. The zero-order chi connectivity index (χ0) is 10.0. The van der Waals surface area contributed by atoms with Crippen molar-refractivity contribution in [3.63, 3.8) is 0 Å². The van der Waals surface area contributed by atoms with Crippen molar-refractivity contribution in [3.8, 4) is 0 Å². The minimum Gasteiger partial charge on any atom is -0.250 e. The van der Waals surface area contributed by atoms with Crippen LogP contribution < -0.4 is 0 Å². The molecule has 0 aliphatic carbocycles. The summed E-state index contributed by atoms with van der Waals surface area (Å²) in [6.07, 6.45) is 0. The number of nitrogens with zero attached hydrogens (tertiary/aromatic N) is 3. The molecule has 1 rings (SSSR count). The third-order valence-electron chi connectivity index (χ3n) is 2.05. The lowest BCUT2D eigenvalue weighted by Crippen LogP contribution is -2.04. The standard InChI is InChI=1S/C10H19N3/c1-6-13-10(8(4)5)11-9(12-13)7(2)3/h7-8H,6H2,1-5H3. The number of rotatable bonds is 3. The van der Waals surface area contributed by atoms with Crippen LogP contribution in [0.25, 0.3) is 0 Å². The van der Waals surface area contributed by atoms with Crippen LogP contribution in [0.4, 0.5) is 0 Å². The molecule has 1 aromatic rings. The van der Waals surface area contributed by atoms with Gasteiger partial charge < -0.3 is 0 Å². The van der Waals surface area contributed by atoms with Gasteiger partial charge in [-0.05, 0) is 6.92 Å². The molecule has 74 valence electrons. The molecule has 0 saturated carbocycles. The first kappa shape index (κ1) is 10.2. The molecule has 1 heterocycles. The Balaban J connectivity index is 3.04. The average Bonchev–Trinajstić information content (AvgIpc) is 2.47. The molecule has 0 saturated heterocycles. The Morgan fingerprint density at radius 1 is 1.15 bits per heavy atom. The summed E-state index contributed by atoms with van der Waals surface area (Å²) in [6, 6.07) is 0. The third kappa shape index (κ3) is 2.08. The third-order valence-corrected chi connectivity index (χ3v) is 2.05. The minimum absolute atomic E-state index is 0.422. The van der Waals surface area contributed by atoms with Crippen molar-refractivity contribution in [2.24, 2.45) is 0 Å². The van der Waals surface area contributed by atoms with Gasteiger partial charge >= 0.3 is 0 Å². The number of hydrogen-bond donors (Lipinski definition) is 0. The van der Waals surface area contributed by atoms with Crippen LogP contribution in [0.1, 0.15) is 58.1 Å². The maximum Gasteiger partial charge on any atom is 0.153 e. The summed E-state index contributed by atoms with van der Waals surface area (Å²) in [6.45, 7) is 11.6. The lowest BCUT2D eigenvalue weighted by Gasteiger charge is -2.03. The van der Waals surface area contributed by atoms with Crippen LogP contribution in [0.3, 0.4) is 0 Å². The van der Waals surface area contributed by atoms with E-state index in [4.69, 9.17) is 0 Å². The van der Waals surface area contributed by atoms with Crippen LogP contribution in [0.5, 0.6) is 0 Å². The van der Waals surface area contributed by atoms with Gasteiger partial charge in [0, 0.05) is 18.4 Å². The molecule has 0 radical (unpaired) electrons. The zero-order valence-corrected chi connectivity index (χ0v) is 9.20. The smallest absolute Gasteiger partial charge is 0.153 e. The van der Waals surface area contributed by atoms with E-state index in [1.165, 1.54) is 0 Å². The summed E-state index contributed by atoms with van der Waals surface area (Å²) >= 11 is 0. The summed E-state index contributed by atoms with van der Waals surface area (Å²) in [4.78, 5) is 4.53. The maximum absolute atomic E-state index is 4.53. The molecule has 1 aromatic heterocycles. The first-order valence-corrected chi connectivity index (χ1v) is 5.00. The molecule has 3 nitrogen and oxygen atoms in total. The quantitative estimate of drug-likeness (QED) is 0.717. The Morgan fingerprint density at radius 3 is 2.08 bits per heavy atom. The van der Waals surface area contributed by atoms with Gasteiger partial charge in [-0.3, -0.25) is 0 Å². The van der Waals surface area contributed by atoms with Gasteiger partial charge in [0.2, 0.25) is 0 Å². The predicted octanol–water partition coefficient (Wildman–Crippen LogP) is 2.54. The van der Waals surface area contributed by atoms with E-state index >= 15 is 0 Å². The van der Waals surface area contributed by atoms with Gasteiger partial charge in [-0.2, -0.15) is 5.10 Å². The highest BCUT2D eigenvalue weighted by molar-refractivity contribution is 5.00. The van der Waals surface area contributed by atoms with E-state index in [0.717, 1.165) is 18.2 Å². The second-order valence-corrected chi connectivity index (χ2v) is 3.95. The molecular weight excluding hydrogens is 162 g/mol. The molecule has 0 amide bonds. The van der Waals surface area contributed by atoms with E-state index in [-0.39, 0.29) is 0 Å². The van der Waals surface area contributed by atoms with E-state index < -0.39 is 0 Å². The van der Waals surface area contributed by atoms with Gasteiger partial charge in [0.05, 0.1) is 0 Å². The van der Waals surface area contributed by atoms with Crippen molar-refractivity contribution < 1.29 is 0 Å². The van der Waals surface area contributed by atoms with Gasteiger partial charge in [-0.25, -0.2) is 9.67 Å². The van der Waals surface area contributed by atoms with Crippen LogP contribution in [0.2, 0.25) is 0 Å². The first-order chi connectivity index (χ1) is 6.06. The van der Waals surface area contributed by atoms with Crippen molar-refractivity contribution in [1.29, 1.82) is 0 Å². The summed E-state index contributed by atoms with van der Waals surface area (Å²) < 4.78 is 2.00. The molecule has 0 aromatic carbocycles. The predicted molar refractivity (Wildman–Crippen MR) is 53.9 cm³/mol. The Labute approximate surface area is 80.2 Å². The van der Waals surface area contributed by atoms with Crippen molar-refractivity contribution >= 4 is 0 Å². The molecule has 13 heavy (non-hydrogen) atoms. The average molecular weight is 181 g/mol. The largest absolute Gasteiger partial charge is 0.250 e. The topological polar surface area (TPSA) is 30.7 Å². The number of aryl methyl sites for hydroxylation is 1. The molecule has 0 bridgehead atoms. The fourth-order valence-electron chi connectivity index (χ4n) is 1.28. The highest BCUT2D eigenvalue weighted by Gasteiger charge is 2.13. The highest BCUT2D eigenvalue weighted by atomic mass is 15.3. The molecule has 0 atom stereocenters. The van der Waals surface area contributed by atoms with E-state index in [0.29, 0.717) is 11.8 Å². The van der Waals surface area contributed by atoms with Crippen molar-refractivity contribution in [3.05, 3.63) is 11.6 Å². The van der Waals surface area contributed by atoms with E-state index in [2.05, 4.69) is 44.7 Å². The van der Waals surface area contributed by atoms with Crippen LogP contribution in [0, 0.1) is 0 Å². The van der Waals surface area contributed by atoms with E-state index in [1.54, 1.807) is 0 Å². The molecular formula is C10H19N3. The summed E-state index contributed by atoms with van der Waals surface area (Å²) in [5.74, 6) is 2.95. The summed E-state index contributed by atoms with van der Waals surface area (Å²) in [7, 11) is 0. The molecule has 0 aliphatic heterocycles. The lowest BCUT2D eigenvalue weighted by molar-refractivity contribution is 0.582. The van der Waals surface area contributed by atoms with Crippen molar-refractivity contribution in [1.82, 2.24) is 14.8 Å². The van der Waals surface area contributed by atoms with Gasteiger partial charge in [0.15, 0.2) is 5.82 Å². The van der Waals surface area contributed by atoms with Gasteiger partial charge in [-0.15, -0.1) is 0 Å². The van der Waals surface area contributed by atoms with Crippen LogP contribution >= 0.6 is 0 Å². The number of aromatic nitrogens is 3. The van der Waals surface area contributed by atoms with Gasteiger partial charge in [0.1, 0.15) is 5.82 Å². The molecule has 0 unspecified atom stereocenters. The SMILES string of the molecule is CCn1nc(C(C)C)nc1C(C)C. The fourth-order valence-corrected chi connectivity index (χ4v) is 1.28. The zero-order valence-electron chi connectivity index (χ0n) is 9.20. The Hall–Kier alpha value is -0.860. The van der Waals surface area contributed by atoms with E-state index in [1.807, 2.05) is 4.68 Å². The van der Waals surface area contributed by atoms with Crippen LogP contribution in [-0.2, 0) is 6.54 Å². The minimum atomic E-state index is 0.422. The molecule has 0 aliphatic rings. The Morgan fingerprint density at radius 2 is 1.77 bits per heavy atom. The van der Waals surface area contributed by atoms with Gasteiger partial charge in [0.25, 0.3) is 0 Å². The normalized spacial score (nSPS) is 11.6. The van der Waals surface area contributed by atoms with Gasteiger partial charge in [-0.1, -0.05) is 27.7 Å². The fraction of sp³-hybridized carbons (Fsp3) is 0.800. The maximum atomic E-state index is 4.53. The lowest BCUT2D eigenvalue weighted by atomic mass is 10.2. The second-order valence-electron chi connectivity index (χ2n) is 3.95. The Kier molecular flexibility index (Phi) is 3.07. The molecule has 0 spiro atoms. The molecule has 3 heteroatoms. The first-order valence-electron chi connectivity index (χ1n) is 5.00. The van der Waals surface area contributed by atoms with Crippen molar-refractivity contribution in [2.75, 3.05) is 0 Å². The second kappa shape index (κ2) is 3.90. The van der Waals surface area contributed by atoms with Crippen molar-refractivity contribution in [2.45, 2.75) is 53.0 Å². The number of hydrogen-bond acceptors (Lipinski definition) is 2. The monoisotopic (exact) mass is 181 g/mol. The van der Waals surface area contributed by atoms with E-state index in [9.17, 15) is 0 Å².